The van der Waals surface area contributed by atoms with Crippen molar-refractivity contribution in [1.29, 1.82) is 0 Å². The van der Waals surface area contributed by atoms with Crippen LogP contribution in [0.3, 0.4) is 0 Å². The Morgan fingerprint density at radius 2 is 2.05 bits per heavy atom. The van der Waals surface area contributed by atoms with E-state index >= 15 is 0 Å². The minimum Gasteiger partial charge on any atom is -0.481 e. The van der Waals surface area contributed by atoms with Crippen LogP contribution in [0, 0.1) is 6.92 Å². The van der Waals surface area contributed by atoms with E-state index in [9.17, 15) is 14.4 Å². The molecule has 0 atom stereocenters. The van der Waals surface area contributed by atoms with Crippen molar-refractivity contribution in [2.45, 2.75) is 24.1 Å². The highest BCUT2D eigenvalue weighted by Crippen LogP contribution is 2.26. The zero-order valence-corrected chi connectivity index (χ0v) is 12.3. The number of thiazole rings is 1. The molecule has 0 spiro atoms. The van der Waals surface area contributed by atoms with Gasteiger partial charge in [0.05, 0.1) is 11.4 Å². The van der Waals surface area contributed by atoms with Crippen LogP contribution in [0.4, 0.5) is 0 Å². The van der Waals surface area contributed by atoms with Crippen molar-refractivity contribution in [2.24, 2.45) is 0 Å². The number of carboxylic acids is 2. The molecule has 7 nitrogen and oxygen atoms in total. The highest BCUT2D eigenvalue weighted by atomic mass is 32.2. The van der Waals surface area contributed by atoms with Crippen molar-refractivity contribution >= 4 is 40.9 Å². The molecule has 1 aromatic rings. The first kappa shape index (κ1) is 16.4. The summed E-state index contributed by atoms with van der Waals surface area (Å²) in [7, 11) is 0. The number of nitrogens with zero attached hydrogens (tertiary/aromatic N) is 1. The Bertz CT molecular complexity index is 515. The van der Waals surface area contributed by atoms with Crippen molar-refractivity contribution < 1.29 is 24.6 Å². The summed E-state index contributed by atoms with van der Waals surface area (Å²) >= 11 is 2.20. The normalized spacial score (nSPS) is 10.2. The monoisotopic (exact) mass is 318 g/mol. The number of rotatable bonds is 8. The molecule has 0 bridgehead atoms. The second-order valence-corrected chi connectivity index (χ2v) is 6.06. The molecule has 0 aliphatic heterocycles. The third-order valence-corrected chi connectivity index (χ3v) is 4.48. The van der Waals surface area contributed by atoms with Gasteiger partial charge in [-0.15, -0.1) is 11.3 Å². The zero-order chi connectivity index (χ0) is 15.1. The molecule has 0 radical (unpaired) electrons. The number of thioether (sulfide) groups is 1. The van der Waals surface area contributed by atoms with Crippen LogP contribution in [0.25, 0.3) is 0 Å². The van der Waals surface area contributed by atoms with Gasteiger partial charge in [-0.2, -0.15) is 0 Å². The van der Waals surface area contributed by atoms with Gasteiger partial charge in [-0.1, -0.05) is 11.8 Å². The van der Waals surface area contributed by atoms with Crippen LogP contribution in [0.15, 0.2) is 4.34 Å². The number of aromatic carboxylic acids is 1. The Hall–Kier alpha value is -1.61. The van der Waals surface area contributed by atoms with Crippen molar-refractivity contribution in [3.63, 3.8) is 0 Å². The molecule has 1 amide bonds. The number of nitrogens with one attached hydrogen (secondary N) is 1. The van der Waals surface area contributed by atoms with Crippen LogP contribution < -0.4 is 5.32 Å². The summed E-state index contributed by atoms with van der Waals surface area (Å²) in [5, 5.41) is 19.9. The Kier molecular flexibility index (Phi) is 6.46. The molecule has 110 valence electrons. The molecule has 9 heteroatoms. The number of aromatic nitrogens is 1. The average molecular weight is 318 g/mol. The van der Waals surface area contributed by atoms with Gasteiger partial charge in [-0.25, -0.2) is 9.78 Å². The van der Waals surface area contributed by atoms with Crippen LogP contribution in [-0.4, -0.2) is 45.3 Å². The van der Waals surface area contributed by atoms with Crippen LogP contribution in [0.1, 0.15) is 28.2 Å². The first-order valence-corrected chi connectivity index (χ1v) is 7.52. The predicted octanol–water partition coefficient (Wildman–Crippen LogP) is 1.22. The highest BCUT2D eigenvalue weighted by Gasteiger charge is 2.15. The van der Waals surface area contributed by atoms with Crippen LogP contribution >= 0.6 is 23.1 Å². The van der Waals surface area contributed by atoms with E-state index in [1.807, 2.05) is 0 Å². The van der Waals surface area contributed by atoms with E-state index in [0.29, 0.717) is 23.0 Å². The third kappa shape index (κ3) is 5.57. The average Bonchev–Trinajstić information content (AvgIpc) is 2.73. The van der Waals surface area contributed by atoms with Crippen LogP contribution in [0.5, 0.6) is 0 Å². The van der Waals surface area contributed by atoms with Gasteiger partial charge in [0.1, 0.15) is 4.88 Å². The summed E-state index contributed by atoms with van der Waals surface area (Å²) in [6.45, 7) is 1.92. The maximum Gasteiger partial charge on any atom is 0.347 e. The van der Waals surface area contributed by atoms with Gasteiger partial charge < -0.3 is 15.5 Å². The standard InChI is InChI=1S/C11H14N2O5S2/c1-6-9(10(17)18)20-11(13-6)19-5-7(14)12-4-2-3-8(15)16/h2-5H2,1H3,(H,12,14)(H,15,16)(H,17,18). The molecule has 0 aliphatic carbocycles. The molecule has 0 fully saturated rings. The van der Waals surface area contributed by atoms with Crippen molar-refractivity contribution in [3.8, 4) is 0 Å². The van der Waals surface area contributed by atoms with E-state index in [1.165, 1.54) is 0 Å². The molecule has 0 unspecified atom stereocenters. The molecule has 20 heavy (non-hydrogen) atoms. The third-order valence-electron chi connectivity index (χ3n) is 2.19. The second kappa shape index (κ2) is 7.85. The van der Waals surface area contributed by atoms with Gasteiger partial charge in [0, 0.05) is 13.0 Å². The van der Waals surface area contributed by atoms with Gasteiger partial charge >= 0.3 is 11.9 Å². The molecule has 3 N–H and O–H groups in total. The molecular weight excluding hydrogens is 304 g/mol. The lowest BCUT2D eigenvalue weighted by Crippen LogP contribution is -2.26. The number of hydrogen-bond acceptors (Lipinski definition) is 6. The van der Waals surface area contributed by atoms with E-state index in [1.54, 1.807) is 6.92 Å². The summed E-state index contributed by atoms with van der Waals surface area (Å²) < 4.78 is 0.528. The number of aliphatic carboxylic acids is 1. The summed E-state index contributed by atoms with van der Waals surface area (Å²) in [5.41, 5.74) is 0.437. The van der Waals surface area contributed by atoms with Gasteiger partial charge in [-0.05, 0) is 13.3 Å². The zero-order valence-electron chi connectivity index (χ0n) is 10.7. The molecular formula is C11H14N2O5S2. The maximum absolute atomic E-state index is 11.5. The van der Waals surface area contributed by atoms with Gasteiger partial charge in [0.25, 0.3) is 0 Å². The Labute approximate surface area is 123 Å². The fourth-order valence-corrected chi connectivity index (χ4v) is 3.14. The quantitative estimate of drug-likeness (QED) is 0.487. The Morgan fingerprint density at radius 3 is 2.60 bits per heavy atom. The molecule has 0 aromatic carbocycles. The number of aryl methyl sites for hydroxylation is 1. The van der Waals surface area contributed by atoms with Crippen molar-refractivity contribution in [1.82, 2.24) is 10.3 Å². The fraction of sp³-hybridized carbons (Fsp3) is 0.455. The summed E-state index contributed by atoms with van der Waals surface area (Å²) in [6.07, 6.45) is 0.395. The number of hydrogen-bond donors (Lipinski definition) is 3. The number of carbonyl (C=O) groups excluding carboxylic acids is 1. The molecule has 1 aromatic heterocycles. The molecule has 0 saturated heterocycles. The number of carboxylic acid groups (broad SMARTS) is 2. The number of amides is 1. The first-order valence-electron chi connectivity index (χ1n) is 5.72. The second-order valence-electron chi connectivity index (χ2n) is 3.84. The van der Waals surface area contributed by atoms with E-state index in [-0.39, 0.29) is 23.0 Å². The minimum atomic E-state index is -1.02. The van der Waals surface area contributed by atoms with Gasteiger partial charge in [-0.3, -0.25) is 9.59 Å². The van der Waals surface area contributed by atoms with E-state index < -0.39 is 11.9 Å². The highest BCUT2D eigenvalue weighted by molar-refractivity contribution is 8.01. The molecule has 0 aliphatic rings. The van der Waals surface area contributed by atoms with E-state index in [0.717, 1.165) is 23.1 Å². The first-order chi connectivity index (χ1) is 9.40. The summed E-state index contributed by atoms with van der Waals surface area (Å²) in [5.74, 6) is -2.03. The van der Waals surface area contributed by atoms with Gasteiger partial charge in [0.2, 0.25) is 5.91 Å². The Balaban J connectivity index is 2.32. The summed E-state index contributed by atoms with van der Waals surface area (Å²) in [4.78, 5) is 36.8. The van der Waals surface area contributed by atoms with Crippen molar-refractivity contribution in [2.75, 3.05) is 12.3 Å². The molecule has 0 saturated carbocycles. The topological polar surface area (TPSA) is 117 Å². The lowest BCUT2D eigenvalue weighted by molar-refractivity contribution is -0.137. The van der Waals surface area contributed by atoms with E-state index in [4.69, 9.17) is 10.2 Å². The lowest BCUT2D eigenvalue weighted by Gasteiger charge is -2.02. The largest absolute Gasteiger partial charge is 0.481 e. The Morgan fingerprint density at radius 1 is 1.35 bits per heavy atom. The smallest absolute Gasteiger partial charge is 0.347 e. The molecule has 1 heterocycles. The fourth-order valence-electron chi connectivity index (χ4n) is 1.28. The van der Waals surface area contributed by atoms with Gasteiger partial charge in [0.15, 0.2) is 4.34 Å². The molecule has 1 rings (SSSR count). The van der Waals surface area contributed by atoms with Crippen LogP contribution in [0.2, 0.25) is 0 Å². The lowest BCUT2D eigenvalue weighted by atomic mass is 10.3. The van der Waals surface area contributed by atoms with Crippen LogP contribution in [-0.2, 0) is 9.59 Å². The van der Waals surface area contributed by atoms with Crippen molar-refractivity contribution in [3.05, 3.63) is 10.6 Å². The summed E-state index contributed by atoms with van der Waals surface area (Å²) in [6, 6.07) is 0. The minimum absolute atomic E-state index is 0.0149. The predicted molar refractivity (Wildman–Crippen MR) is 74.4 cm³/mol. The maximum atomic E-state index is 11.5. The van der Waals surface area contributed by atoms with E-state index in [2.05, 4.69) is 10.3 Å². The SMILES string of the molecule is Cc1nc(SCC(=O)NCCCC(=O)O)sc1C(=O)O. The number of carbonyl (C=O) groups is 3.